The number of halogens is 3. The van der Waals surface area contributed by atoms with E-state index in [1.54, 1.807) is 13.8 Å². The van der Waals surface area contributed by atoms with E-state index in [1.807, 2.05) is 0 Å². The molecule has 0 bridgehead atoms. The van der Waals surface area contributed by atoms with Crippen molar-refractivity contribution in [2.75, 3.05) is 11.1 Å². The molecule has 0 aliphatic carbocycles. The minimum atomic E-state index is -4.45. The molecule has 1 amide bonds. The first-order valence-electron chi connectivity index (χ1n) is 4.99. The first-order chi connectivity index (χ1) is 7.71. The number of nitrogen functional groups attached to an aromatic ring is 1. The number of carbonyl (C=O) groups is 1. The third kappa shape index (κ3) is 3.37. The highest BCUT2D eigenvalue weighted by Crippen LogP contribution is 2.33. The number of nitrogens with two attached hydrogens (primary N) is 1. The highest BCUT2D eigenvalue weighted by atomic mass is 19.4. The Hall–Kier alpha value is -1.72. The first-order valence-corrected chi connectivity index (χ1v) is 4.99. The zero-order valence-electron chi connectivity index (χ0n) is 9.43. The van der Waals surface area contributed by atoms with Crippen LogP contribution < -0.4 is 11.1 Å². The molecule has 0 heterocycles. The fourth-order valence-electron chi connectivity index (χ4n) is 1.12. The molecule has 1 rings (SSSR count). The van der Waals surface area contributed by atoms with E-state index in [-0.39, 0.29) is 23.2 Å². The van der Waals surface area contributed by atoms with Gasteiger partial charge in [-0.2, -0.15) is 13.2 Å². The number of carbonyl (C=O) groups excluding carboxylic acids is 1. The van der Waals surface area contributed by atoms with E-state index < -0.39 is 11.7 Å². The third-order valence-corrected chi connectivity index (χ3v) is 2.16. The highest BCUT2D eigenvalue weighted by molar-refractivity contribution is 5.95. The van der Waals surface area contributed by atoms with E-state index in [1.165, 1.54) is 0 Å². The number of anilines is 2. The van der Waals surface area contributed by atoms with Crippen LogP contribution in [0.15, 0.2) is 18.2 Å². The van der Waals surface area contributed by atoms with Crippen LogP contribution in [-0.2, 0) is 11.0 Å². The van der Waals surface area contributed by atoms with Gasteiger partial charge in [-0.25, -0.2) is 0 Å². The molecule has 0 spiro atoms. The lowest BCUT2D eigenvalue weighted by Crippen LogP contribution is -2.19. The molecule has 1 aromatic carbocycles. The second kappa shape index (κ2) is 4.65. The Bertz CT molecular complexity index is 427. The minimum absolute atomic E-state index is 0.0153. The second-order valence-electron chi connectivity index (χ2n) is 3.94. The maximum absolute atomic E-state index is 12.4. The van der Waals surface area contributed by atoms with Gasteiger partial charge in [-0.3, -0.25) is 4.79 Å². The molecule has 0 unspecified atom stereocenters. The summed E-state index contributed by atoms with van der Waals surface area (Å²) in [6.07, 6.45) is -4.45. The fourth-order valence-corrected chi connectivity index (χ4v) is 1.12. The van der Waals surface area contributed by atoms with E-state index in [2.05, 4.69) is 5.32 Å². The molecule has 17 heavy (non-hydrogen) atoms. The summed E-state index contributed by atoms with van der Waals surface area (Å²) in [5.41, 5.74) is 4.75. The molecule has 0 saturated carbocycles. The minimum Gasteiger partial charge on any atom is -0.397 e. The summed E-state index contributed by atoms with van der Waals surface area (Å²) in [5, 5.41) is 2.36. The monoisotopic (exact) mass is 246 g/mol. The van der Waals surface area contributed by atoms with Crippen LogP contribution >= 0.6 is 0 Å². The molecule has 0 aliphatic heterocycles. The van der Waals surface area contributed by atoms with Crippen molar-refractivity contribution < 1.29 is 18.0 Å². The molecule has 94 valence electrons. The second-order valence-corrected chi connectivity index (χ2v) is 3.94. The van der Waals surface area contributed by atoms with Gasteiger partial charge in [-0.05, 0) is 18.2 Å². The van der Waals surface area contributed by atoms with Gasteiger partial charge in [0.15, 0.2) is 0 Å². The fraction of sp³-hybridized carbons (Fsp3) is 0.364. The number of alkyl halides is 3. The molecule has 3 N–H and O–H groups in total. The molecule has 0 aliphatic rings. The smallest absolute Gasteiger partial charge is 0.397 e. The zero-order valence-corrected chi connectivity index (χ0v) is 9.43. The van der Waals surface area contributed by atoms with Crippen molar-refractivity contribution >= 4 is 17.3 Å². The Morgan fingerprint density at radius 1 is 1.35 bits per heavy atom. The quantitative estimate of drug-likeness (QED) is 0.788. The van der Waals surface area contributed by atoms with Gasteiger partial charge in [-0.1, -0.05) is 13.8 Å². The summed E-state index contributed by atoms with van der Waals surface area (Å²) in [6, 6.07) is 2.83. The topological polar surface area (TPSA) is 55.1 Å². The molecule has 3 nitrogen and oxygen atoms in total. The SMILES string of the molecule is CC(C)C(=O)Nc1cc(C(F)(F)F)ccc1N. The largest absolute Gasteiger partial charge is 0.416 e. The number of hydrogen-bond donors (Lipinski definition) is 2. The van der Waals surface area contributed by atoms with Crippen molar-refractivity contribution in [2.45, 2.75) is 20.0 Å². The number of hydrogen-bond acceptors (Lipinski definition) is 2. The van der Waals surface area contributed by atoms with Gasteiger partial charge in [0, 0.05) is 5.92 Å². The van der Waals surface area contributed by atoms with Gasteiger partial charge < -0.3 is 11.1 Å². The van der Waals surface area contributed by atoms with E-state index in [0.29, 0.717) is 0 Å². The summed E-state index contributed by atoms with van der Waals surface area (Å²) in [7, 11) is 0. The first kappa shape index (κ1) is 13.3. The van der Waals surface area contributed by atoms with Crippen molar-refractivity contribution in [3.05, 3.63) is 23.8 Å². The Balaban J connectivity index is 3.03. The summed E-state index contributed by atoms with van der Waals surface area (Å²) in [5.74, 6) is -0.708. The lowest BCUT2D eigenvalue weighted by molar-refractivity contribution is -0.137. The molecule has 1 aromatic rings. The summed E-state index contributed by atoms with van der Waals surface area (Å²) >= 11 is 0. The third-order valence-electron chi connectivity index (χ3n) is 2.16. The van der Waals surface area contributed by atoms with Gasteiger partial charge >= 0.3 is 6.18 Å². The van der Waals surface area contributed by atoms with E-state index in [4.69, 9.17) is 5.73 Å². The molecular formula is C11H13F3N2O. The predicted molar refractivity (Wildman–Crippen MR) is 59.3 cm³/mol. The maximum Gasteiger partial charge on any atom is 0.416 e. The number of amides is 1. The molecule has 0 radical (unpaired) electrons. The van der Waals surface area contributed by atoms with Crippen LogP contribution in [0.3, 0.4) is 0 Å². The average Bonchev–Trinajstić information content (AvgIpc) is 2.19. The van der Waals surface area contributed by atoms with Gasteiger partial charge in [0.05, 0.1) is 16.9 Å². The zero-order chi connectivity index (χ0) is 13.2. The van der Waals surface area contributed by atoms with Crippen LogP contribution in [0, 0.1) is 5.92 Å². The molecule has 0 atom stereocenters. The van der Waals surface area contributed by atoms with Crippen LogP contribution in [0.1, 0.15) is 19.4 Å². The Labute approximate surface area is 96.8 Å². The highest BCUT2D eigenvalue weighted by Gasteiger charge is 2.31. The van der Waals surface area contributed by atoms with Crippen molar-refractivity contribution in [3.8, 4) is 0 Å². The molecular weight excluding hydrogens is 233 g/mol. The van der Waals surface area contributed by atoms with E-state index >= 15 is 0 Å². The van der Waals surface area contributed by atoms with Crippen LogP contribution in [-0.4, -0.2) is 5.91 Å². The van der Waals surface area contributed by atoms with Gasteiger partial charge in [-0.15, -0.1) is 0 Å². The lowest BCUT2D eigenvalue weighted by atomic mass is 10.1. The Morgan fingerprint density at radius 3 is 2.41 bits per heavy atom. The van der Waals surface area contributed by atoms with Crippen LogP contribution in [0.5, 0.6) is 0 Å². The predicted octanol–water partition coefficient (Wildman–Crippen LogP) is 2.88. The molecule has 0 fully saturated rings. The normalized spacial score (nSPS) is 11.6. The van der Waals surface area contributed by atoms with Crippen LogP contribution in [0.4, 0.5) is 24.5 Å². The van der Waals surface area contributed by atoms with E-state index in [9.17, 15) is 18.0 Å². The Kier molecular flexibility index (Phi) is 3.65. The van der Waals surface area contributed by atoms with Crippen molar-refractivity contribution in [1.82, 2.24) is 0 Å². The number of nitrogens with one attached hydrogen (secondary N) is 1. The van der Waals surface area contributed by atoms with Crippen molar-refractivity contribution in [1.29, 1.82) is 0 Å². The number of rotatable bonds is 2. The average molecular weight is 246 g/mol. The van der Waals surface area contributed by atoms with Crippen LogP contribution in [0.25, 0.3) is 0 Å². The van der Waals surface area contributed by atoms with Crippen LogP contribution in [0.2, 0.25) is 0 Å². The molecule has 0 saturated heterocycles. The maximum atomic E-state index is 12.4. The van der Waals surface area contributed by atoms with Gasteiger partial charge in [0.2, 0.25) is 5.91 Å². The lowest BCUT2D eigenvalue weighted by Gasteiger charge is -2.13. The Morgan fingerprint density at radius 2 is 1.94 bits per heavy atom. The summed E-state index contributed by atoms with van der Waals surface area (Å²) in [4.78, 5) is 11.4. The van der Waals surface area contributed by atoms with Crippen molar-refractivity contribution in [2.24, 2.45) is 5.92 Å². The summed E-state index contributed by atoms with van der Waals surface area (Å²) in [6.45, 7) is 3.28. The molecule has 6 heteroatoms. The summed E-state index contributed by atoms with van der Waals surface area (Å²) < 4.78 is 37.3. The van der Waals surface area contributed by atoms with Crippen molar-refractivity contribution in [3.63, 3.8) is 0 Å². The standard InChI is InChI=1S/C11H13F3N2O/c1-6(2)10(17)16-9-5-7(11(12,13)14)3-4-8(9)15/h3-6H,15H2,1-2H3,(H,16,17). The van der Waals surface area contributed by atoms with E-state index in [0.717, 1.165) is 18.2 Å². The van der Waals surface area contributed by atoms with Gasteiger partial charge in [0.1, 0.15) is 0 Å². The number of benzene rings is 1. The molecule has 0 aromatic heterocycles. The van der Waals surface area contributed by atoms with Gasteiger partial charge in [0.25, 0.3) is 0 Å².